The summed E-state index contributed by atoms with van der Waals surface area (Å²) in [6, 6.07) is 12.6. The summed E-state index contributed by atoms with van der Waals surface area (Å²) in [5, 5.41) is 7.07. The Morgan fingerprint density at radius 1 is 1.14 bits per heavy atom. The van der Waals surface area contributed by atoms with Crippen LogP contribution in [-0.2, 0) is 0 Å². The van der Waals surface area contributed by atoms with Gasteiger partial charge in [0.15, 0.2) is 0 Å². The van der Waals surface area contributed by atoms with Gasteiger partial charge in [0.25, 0.3) is 0 Å². The van der Waals surface area contributed by atoms with Crippen molar-refractivity contribution in [3.8, 4) is 11.6 Å². The highest BCUT2D eigenvalue weighted by Gasteiger charge is 2.35. The van der Waals surface area contributed by atoms with Gasteiger partial charge >= 0.3 is 0 Å². The third kappa shape index (κ3) is 2.90. The fourth-order valence-electron chi connectivity index (χ4n) is 3.43. The first kappa shape index (κ1) is 13.5. The Labute approximate surface area is 130 Å². The predicted molar refractivity (Wildman–Crippen MR) is 85.1 cm³/mol. The number of nitrogens with one attached hydrogen (secondary N) is 2. The summed E-state index contributed by atoms with van der Waals surface area (Å²) in [7, 11) is 0. The van der Waals surface area contributed by atoms with Crippen LogP contribution in [-0.4, -0.2) is 28.6 Å². The van der Waals surface area contributed by atoms with Gasteiger partial charge in [-0.3, -0.25) is 0 Å². The van der Waals surface area contributed by atoms with E-state index in [4.69, 9.17) is 4.74 Å². The van der Waals surface area contributed by atoms with Crippen LogP contribution in [0.1, 0.15) is 19.3 Å². The molecule has 2 aromatic rings. The number of nitrogens with zero attached hydrogens (tertiary/aromatic N) is 2. The number of para-hydroxylation sites is 1. The van der Waals surface area contributed by atoms with Crippen LogP contribution in [0.15, 0.2) is 42.6 Å². The normalized spacial score (nSPS) is 26.6. The van der Waals surface area contributed by atoms with Gasteiger partial charge in [0, 0.05) is 30.9 Å². The molecule has 2 N–H and O–H groups in total. The van der Waals surface area contributed by atoms with Gasteiger partial charge in [0.05, 0.1) is 0 Å². The first-order chi connectivity index (χ1) is 10.9. The van der Waals surface area contributed by atoms with E-state index in [1.165, 1.54) is 19.3 Å². The van der Waals surface area contributed by atoms with E-state index in [1.54, 1.807) is 12.3 Å². The molecule has 5 nitrogen and oxygen atoms in total. The SMILES string of the molecule is c1ccc(Oc2ccnc(NC3CCC4CC3CN4)n2)cc1. The minimum atomic E-state index is 0.457. The summed E-state index contributed by atoms with van der Waals surface area (Å²) in [5.41, 5.74) is 0. The van der Waals surface area contributed by atoms with E-state index in [0.29, 0.717) is 23.8 Å². The van der Waals surface area contributed by atoms with Crippen molar-refractivity contribution in [1.82, 2.24) is 15.3 Å². The van der Waals surface area contributed by atoms with E-state index in [1.807, 2.05) is 30.3 Å². The van der Waals surface area contributed by atoms with E-state index in [-0.39, 0.29) is 0 Å². The molecule has 114 valence electrons. The van der Waals surface area contributed by atoms with E-state index >= 15 is 0 Å². The maximum Gasteiger partial charge on any atom is 0.226 e. The zero-order valence-electron chi connectivity index (χ0n) is 12.4. The highest BCUT2D eigenvalue weighted by atomic mass is 16.5. The summed E-state index contributed by atoms with van der Waals surface area (Å²) in [6.07, 6.45) is 5.41. The van der Waals surface area contributed by atoms with Crippen LogP contribution >= 0.6 is 0 Å². The molecule has 22 heavy (non-hydrogen) atoms. The van der Waals surface area contributed by atoms with E-state index in [0.717, 1.165) is 18.3 Å². The summed E-state index contributed by atoms with van der Waals surface area (Å²) < 4.78 is 5.77. The van der Waals surface area contributed by atoms with Crippen molar-refractivity contribution in [1.29, 1.82) is 0 Å². The molecular weight excluding hydrogens is 276 g/mol. The van der Waals surface area contributed by atoms with Crippen molar-refractivity contribution >= 4 is 5.95 Å². The molecule has 1 aromatic heterocycles. The number of aromatic nitrogens is 2. The van der Waals surface area contributed by atoms with E-state index in [2.05, 4.69) is 20.6 Å². The number of fused-ring (bicyclic) bond motifs is 2. The zero-order valence-corrected chi connectivity index (χ0v) is 12.4. The number of anilines is 1. The molecule has 0 amide bonds. The van der Waals surface area contributed by atoms with Crippen molar-refractivity contribution in [2.75, 3.05) is 11.9 Å². The fraction of sp³-hybridized carbons (Fsp3) is 0.412. The van der Waals surface area contributed by atoms with Gasteiger partial charge < -0.3 is 15.4 Å². The van der Waals surface area contributed by atoms with Gasteiger partial charge in [-0.1, -0.05) is 18.2 Å². The molecule has 3 atom stereocenters. The van der Waals surface area contributed by atoms with Gasteiger partial charge in [0.2, 0.25) is 11.8 Å². The largest absolute Gasteiger partial charge is 0.439 e. The molecule has 0 spiro atoms. The van der Waals surface area contributed by atoms with Crippen LogP contribution in [0.3, 0.4) is 0 Å². The molecule has 4 rings (SSSR count). The Kier molecular flexibility index (Phi) is 3.64. The molecule has 2 bridgehead atoms. The summed E-state index contributed by atoms with van der Waals surface area (Å²) in [5.74, 6) is 2.69. The van der Waals surface area contributed by atoms with Crippen LogP contribution in [0, 0.1) is 5.92 Å². The van der Waals surface area contributed by atoms with Gasteiger partial charge in [-0.2, -0.15) is 4.98 Å². The number of ether oxygens (including phenoxy) is 1. The molecule has 1 saturated heterocycles. The second-order valence-electron chi connectivity index (χ2n) is 6.06. The Hall–Kier alpha value is -2.14. The van der Waals surface area contributed by atoms with Crippen molar-refractivity contribution in [2.45, 2.75) is 31.3 Å². The topological polar surface area (TPSA) is 59.1 Å². The first-order valence-electron chi connectivity index (χ1n) is 7.93. The number of benzene rings is 1. The molecule has 2 heterocycles. The lowest BCUT2D eigenvalue weighted by Crippen LogP contribution is -2.33. The average Bonchev–Trinajstić information content (AvgIpc) is 2.94. The predicted octanol–water partition coefficient (Wildman–Crippen LogP) is 2.82. The fourth-order valence-corrected chi connectivity index (χ4v) is 3.43. The highest BCUT2D eigenvalue weighted by molar-refractivity contribution is 5.32. The first-order valence-corrected chi connectivity index (χ1v) is 7.93. The van der Waals surface area contributed by atoms with Crippen LogP contribution in [0.5, 0.6) is 11.6 Å². The lowest BCUT2D eigenvalue weighted by atomic mass is 9.86. The number of hydrogen-bond acceptors (Lipinski definition) is 5. The van der Waals surface area contributed by atoms with Gasteiger partial charge in [0.1, 0.15) is 5.75 Å². The molecule has 1 saturated carbocycles. The summed E-state index contributed by atoms with van der Waals surface area (Å²) in [4.78, 5) is 8.81. The minimum absolute atomic E-state index is 0.457. The Morgan fingerprint density at radius 3 is 2.95 bits per heavy atom. The standard InChI is InChI=1S/C17H20N4O/c1-2-4-14(5-3-1)22-16-8-9-18-17(21-16)20-15-7-6-13-10-12(15)11-19-13/h1-5,8-9,12-13,15,19H,6-7,10-11H2,(H,18,20,21). The molecule has 3 unspecified atom stereocenters. The molecular formula is C17H20N4O. The maximum atomic E-state index is 5.77. The monoisotopic (exact) mass is 296 g/mol. The summed E-state index contributed by atoms with van der Waals surface area (Å²) in [6.45, 7) is 1.10. The average molecular weight is 296 g/mol. The lowest BCUT2D eigenvalue weighted by molar-refractivity contribution is 0.372. The van der Waals surface area contributed by atoms with Crippen LogP contribution in [0.25, 0.3) is 0 Å². The van der Waals surface area contributed by atoms with Crippen molar-refractivity contribution in [3.63, 3.8) is 0 Å². The highest BCUT2D eigenvalue weighted by Crippen LogP contribution is 2.31. The van der Waals surface area contributed by atoms with Crippen molar-refractivity contribution in [3.05, 3.63) is 42.6 Å². The van der Waals surface area contributed by atoms with Crippen LogP contribution < -0.4 is 15.4 Å². The van der Waals surface area contributed by atoms with Gasteiger partial charge in [-0.25, -0.2) is 4.98 Å². The maximum absolute atomic E-state index is 5.77. The molecule has 0 radical (unpaired) electrons. The Bertz CT molecular complexity index is 634. The van der Waals surface area contributed by atoms with Crippen LogP contribution in [0.4, 0.5) is 5.95 Å². The zero-order chi connectivity index (χ0) is 14.8. The van der Waals surface area contributed by atoms with Gasteiger partial charge in [-0.05, 0) is 37.3 Å². The summed E-state index contributed by atoms with van der Waals surface area (Å²) >= 11 is 0. The second-order valence-corrected chi connectivity index (χ2v) is 6.06. The quantitative estimate of drug-likeness (QED) is 0.908. The molecule has 2 aliphatic rings. The number of rotatable bonds is 4. The van der Waals surface area contributed by atoms with Gasteiger partial charge in [-0.15, -0.1) is 0 Å². The molecule has 1 aliphatic carbocycles. The van der Waals surface area contributed by atoms with Crippen molar-refractivity contribution < 1.29 is 4.74 Å². The van der Waals surface area contributed by atoms with E-state index in [9.17, 15) is 0 Å². The second kappa shape index (κ2) is 5.93. The van der Waals surface area contributed by atoms with Crippen LogP contribution in [0.2, 0.25) is 0 Å². The molecule has 1 aromatic carbocycles. The van der Waals surface area contributed by atoms with E-state index < -0.39 is 0 Å². The molecule has 2 fully saturated rings. The minimum Gasteiger partial charge on any atom is -0.439 e. The van der Waals surface area contributed by atoms with Crippen molar-refractivity contribution in [2.24, 2.45) is 5.92 Å². The lowest BCUT2D eigenvalue weighted by Gasteiger charge is -2.28. The Morgan fingerprint density at radius 2 is 2.05 bits per heavy atom. The third-order valence-corrected chi connectivity index (χ3v) is 4.56. The Balaban J connectivity index is 1.45. The third-order valence-electron chi connectivity index (χ3n) is 4.56. The number of hydrogen-bond donors (Lipinski definition) is 2. The smallest absolute Gasteiger partial charge is 0.226 e. The molecule has 1 aliphatic heterocycles. The molecule has 5 heteroatoms.